The highest BCUT2D eigenvalue weighted by molar-refractivity contribution is 5.68. The zero-order valence-electron chi connectivity index (χ0n) is 10.6. The van der Waals surface area contributed by atoms with E-state index in [4.69, 9.17) is 14.2 Å². The fraction of sp³-hybridized carbons (Fsp3) is 0.385. The highest BCUT2D eigenvalue weighted by atomic mass is 16.7. The molecule has 0 aliphatic rings. The topological polar surface area (TPSA) is 61.8 Å². The molecule has 0 saturated carbocycles. The Bertz CT molecular complexity index is 411. The molecule has 0 aliphatic carbocycles. The first-order valence-electron chi connectivity index (χ1n) is 5.60. The van der Waals surface area contributed by atoms with Crippen molar-refractivity contribution < 1.29 is 23.8 Å². The van der Waals surface area contributed by atoms with E-state index in [1.807, 2.05) is 6.92 Å². The van der Waals surface area contributed by atoms with E-state index in [1.54, 1.807) is 24.3 Å². The summed E-state index contributed by atoms with van der Waals surface area (Å²) in [4.78, 5) is 22.0. The van der Waals surface area contributed by atoms with Crippen LogP contribution in [0.15, 0.2) is 24.3 Å². The molecule has 1 aromatic rings. The van der Waals surface area contributed by atoms with Crippen molar-refractivity contribution in [1.29, 1.82) is 0 Å². The predicted molar refractivity (Wildman–Crippen MR) is 63.9 cm³/mol. The molecule has 0 heterocycles. The van der Waals surface area contributed by atoms with Crippen LogP contribution in [-0.2, 0) is 19.1 Å². The van der Waals surface area contributed by atoms with Gasteiger partial charge < -0.3 is 14.2 Å². The van der Waals surface area contributed by atoms with Gasteiger partial charge in [-0.3, -0.25) is 9.59 Å². The quantitative estimate of drug-likeness (QED) is 0.594. The maximum absolute atomic E-state index is 11.0. The second kappa shape index (κ2) is 6.64. The Kier molecular flexibility index (Phi) is 5.17. The summed E-state index contributed by atoms with van der Waals surface area (Å²) >= 11 is 0. The van der Waals surface area contributed by atoms with E-state index in [1.165, 1.54) is 13.8 Å². The molecule has 0 bridgehead atoms. The highest BCUT2D eigenvalue weighted by Crippen LogP contribution is 2.28. The third kappa shape index (κ3) is 4.08. The van der Waals surface area contributed by atoms with Crippen LogP contribution in [0.2, 0.25) is 0 Å². The third-order valence-corrected chi connectivity index (χ3v) is 2.02. The maximum Gasteiger partial charge on any atom is 0.305 e. The molecule has 0 aliphatic heterocycles. The summed E-state index contributed by atoms with van der Waals surface area (Å²) in [5, 5.41) is 0. The zero-order valence-corrected chi connectivity index (χ0v) is 10.6. The minimum atomic E-state index is -1.08. The Hall–Kier alpha value is -2.04. The first kappa shape index (κ1) is 14.0. The number of rotatable bonds is 5. The van der Waals surface area contributed by atoms with Crippen LogP contribution in [0.25, 0.3) is 0 Å². The Labute approximate surface area is 106 Å². The molecular weight excluding hydrogens is 236 g/mol. The minimum absolute atomic E-state index is 0.462. The number of hydrogen-bond donors (Lipinski definition) is 0. The maximum atomic E-state index is 11.0. The Balaban J connectivity index is 3.02. The van der Waals surface area contributed by atoms with Crippen LogP contribution in [0, 0.1) is 0 Å². The molecule has 0 spiro atoms. The molecule has 0 atom stereocenters. The van der Waals surface area contributed by atoms with Gasteiger partial charge in [0.1, 0.15) is 5.75 Å². The van der Waals surface area contributed by atoms with E-state index >= 15 is 0 Å². The van der Waals surface area contributed by atoms with Gasteiger partial charge in [0.05, 0.1) is 12.2 Å². The third-order valence-electron chi connectivity index (χ3n) is 2.02. The van der Waals surface area contributed by atoms with Crippen molar-refractivity contribution in [2.75, 3.05) is 6.61 Å². The monoisotopic (exact) mass is 252 g/mol. The summed E-state index contributed by atoms with van der Waals surface area (Å²) < 4.78 is 15.3. The van der Waals surface area contributed by atoms with Crippen molar-refractivity contribution in [2.24, 2.45) is 0 Å². The number of carbonyl (C=O) groups excluding carboxylic acids is 2. The second-order valence-electron chi connectivity index (χ2n) is 3.52. The van der Waals surface area contributed by atoms with Crippen LogP contribution >= 0.6 is 0 Å². The summed E-state index contributed by atoms with van der Waals surface area (Å²) in [5.74, 6) is -0.549. The van der Waals surface area contributed by atoms with Gasteiger partial charge in [-0.15, -0.1) is 0 Å². The summed E-state index contributed by atoms with van der Waals surface area (Å²) in [6, 6.07) is 6.94. The van der Waals surface area contributed by atoms with E-state index < -0.39 is 18.2 Å². The van der Waals surface area contributed by atoms with E-state index in [-0.39, 0.29) is 0 Å². The van der Waals surface area contributed by atoms with Gasteiger partial charge in [0, 0.05) is 13.8 Å². The molecule has 0 fully saturated rings. The van der Waals surface area contributed by atoms with Crippen molar-refractivity contribution >= 4 is 11.9 Å². The van der Waals surface area contributed by atoms with Gasteiger partial charge in [-0.2, -0.15) is 0 Å². The van der Waals surface area contributed by atoms with Gasteiger partial charge in [0.25, 0.3) is 6.29 Å². The van der Waals surface area contributed by atoms with E-state index in [2.05, 4.69) is 0 Å². The molecular formula is C13H16O5. The first-order valence-corrected chi connectivity index (χ1v) is 5.60. The standard InChI is InChI=1S/C13H16O5/c1-4-16-12-8-6-5-7-11(12)13(17-9(2)14)18-10(3)15/h5-8,13H,4H2,1-3H3. The van der Waals surface area contributed by atoms with Crippen molar-refractivity contribution in [3.63, 3.8) is 0 Å². The van der Waals surface area contributed by atoms with Crippen molar-refractivity contribution in [3.8, 4) is 5.75 Å². The molecule has 0 radical (unpaired) electrons. The smallest absolute Gasteiger partial charge is 0.305 e. The van der Waals surface area contributed by atoms with Gasteiger partial charge in [-0.05, 0) is 19.1 Å². The van der Waals surface area contributed by atoms with Gasteiger partial charge in [0.2, 0.25) is 0 Å². The highest BCUT2D eigenvalue weighted by Gasteiger charge is 2.21. The molecule has 0 unspecified atom stereocenters. The van der Waals surface area contributed by atoms with E-state index in [0.717, 1.165) is 0 Å². The first-order chi connectivity index (χ1) is 8.54. The number of hydrogen-bond acceptors (Lipinski definition) is 5. The largest absolute Gasteiger partial charge is 0.493 e. The van der Waals surface area contributed by atoms with Gasteiger partial charge in [0.15, 0.2) is 0 Å². The fourth-order valence-corrected chi connectivity index (χ4v) is 1.41. The number of ether oxygens (including phenoxy) is 3. The van der Waals surface area contributed by atoms with Crippen LogP contribution in [0.4, 0.5) is 0 Å². The Morgan fingerprint density at radius 2 is 1.67 bits per heavy atom. The average molecular weight is 252 g/mol. The molecule has 18 heavy (non-hydrogen) atoms. The molecule has 5 heteroatoms. The number of para-hydroxylation sites is 1. The summed E-state index contributed by atoms with van der Waals surface area (Å²) in [6.07, 6.45) is -1.08. The molecule has 0 saturated heterocycles. The molecule has 1 rings (SSSR count). The average Bonchev–Trinajstić information content (AvgIpc) is 2.28. The van der Waals surface area contributed by atoms with Crippen molar-refractivity contribution in [3.05, 3.63) is 29.8 Å². The molecule has 0 aromatic heterocycles. The molecule has 0 N–H and O–H groups in total. The minimum Gasteiger partial charge on any atom is -0.493 e. The van der Waals surface area contributed by atoms with Gasteiger partial charge >= 0.3 is 11.9 Å². The lowest BCUT2D eigenvalue weighted by Gasteiger charge is -2.19. The van der Waals surface area contributed by atoms with Crippen molar-refractivity contribution in [2.45, 2.75) is 27.1 Å². The lowest BCUT2D eigenvalue weighted by atomic mass is 10.2. The number of benzene rings is 1. The summed E-state index contributed by atoms with van der Waals surface area (Å²) in [5.41, 5.74) is 0.504. The summed E-state index contributed by atoms with van der Waals surface area (Å²) in [6.45, 7) is 4.80. The van der Waals surface area contributed by atoms with E-state index in [0.29, 0.717) is 17.9 Å². The van der Waals surface area contributed by atoms with Gasteiger partial charge in [-0.25, -0.2) is 0 Å². The number of carbonyl (C=O) groups is 2. The van der Waals surface area contributed by atoms with Crippen LogP contribution in [0.1, 0.15) is 32.6 Å². The fourth-order valence-electron chi connectivity index (χ4n) is 1.41. The van der Waals surface area contributed by atoms with E-state index in [9.17, 15) is 9.59 Å². The van der Waals surface area contributed by atoms with Crippen LogP contribution in [0.5, 0.6) is 5.75 Å². The Morgan fingerprint density at radius 1 is 1.11 bits per heavy atom. The van der Waals surface area contributed by atoms with Crippen molar-refractivity contribution in [1.82, 2.24) is 0 Å². The van der Waals surface area contributed by atoms with Crippen LogP contribution in [-0.4, -0.2) is 18.5 Å². The van der Waals surface area contributed by atoms with Gasteiger partial charge in [-0.1, -0.05) is 12.1 Å². The molecule has 98 valence electrons. The molecule has 1 aromatic carbocycles. The molecule has 5 nitrogen and oxygen atoms in total. The van der Waals surface area contributed by atoms with Crippen LogP contribution in [0.3, 0.4) is 0 Å². The predicted octanol–water partition coefficient (Wildman–Crippen LogP) is 2.21. The van der Waals surface area contributed by atoms with Crippen LogP contribution < -0.4 is 4.74 Å². The second-order valence-corrected chi connectivity index (χ2v) is 3.52. The Morgan fingerprint density at radius 3 is 2.17 bits per heavy atom. The normalized spacial score (nSPS) is 10.0. The SMILES string of the molecule is CCOc1ccccc1C(OC(C)=O)OC(C)=O. The zero-order chi connectivity index (χ0) is 13.5. The molecule has 0 amide bonds. The summed E-state index contributed by atoms with van der Waals surface area (Å²) in [7, 11) is 0. The lowest BCUT2D eigenvalue weighted by Crippen LogP contribution is -2.16. The number of esters is 2. The lowest BCUT2D eigenvalue weighted by molar-refractivity contribution is -0.186.